The fourth-order valence-corrected chi connectivity index (χ4v) is 6.61. The molecular formula is C50H92N8O10. The van der Waals surface area contributed by atoms with Crippen molar-refractivity contribution in [3.05, 3.63) is 0 Å². The van der Waals surface area contributed by atoms with Gasteiger partial charge in [-0.2, -0.15) is 0 Å². The van der Waals surface area contributed by atoms with Gasteiger partial charge in [-0.25, -0.2) is 4.79 Å². The standard InChI is InChI=1S/C50H92N8O10/c1-26(2)43(18,51-34(17)59)35(60)52-44(19,27(3)4)36(61)53-45(20,28(5)6)37(62)54-46(21,29(7)8)38(63)55-47(22,30(9)10)39(64)56-48(23,31(11)12)40(65)57-49(24,32(13)14)41(66)58-50(25,33(15)16)42(67)68/h26-33H,1-25H3,(H,51,59)(H,52,60)(H,53,61)(H,54,62)(H,55,63)(H,56,64)(H,57,65)(H,58,66)(H,67,68)/t43-,44-,45-,46-,47-,48-,49-,50-/m0/s1. The molecule has 392 valence electrons. The summed E-state index contributed by atoms with van der Waals surface area (Å²) < 4.78 is 0. The van der Waals surface area contributed by atoms with Crippen LogP contribution >= 0.6 is 0 Å². The van der Waals surface area contributed by atoms with Gasteiger partial charge in [0.1, 0.15) is 44.3 Å². The minimum absolute atomic E-state index is 0.360. The number of carboxylic acid groups (broad SMARTS) is 1. The lowest BCUT2D eigenvalue weighted by atomic mass is 9.79. The molecule has 0 saturated carbocycles. The summed E-state index contributed by atoms with van der Waals surface area (Å²) in [6.07, 6.45) is 0. The van der Waals surface area contributed by atoms with E-state index in [1.165, 1.54) is 48.5 Å². The van der Waals surface area contributed by atoms with E-state index in [1.807, 2.05) is 0 Å². The number of hydrogen-bond donors (Lipinski definition) is 9. The number of carbonyl (C=O) groups is 9. The first-order valence-electron chi connectivity index (χ1n) is 24.1. The number of aliphatic carboxylic acids is 1. The Balaban J connectivity index is 7.08. The van der Waals surface area contributed by atoms with Gasteiger partial charge in [0, 0.05) is 6.92 Å². The van der Waals surface area contributed by atoms with Gasteiger partial charge in [0.2, 0.25) is 47.3 Å². The van der Waals surface area contributed by atoms with E-state index in [1.54, 1.807) is 125 Å². The zero-order valence-corrected chi connectivity index (χ0v) is 46.2. The summed E-state index contributed by atoms with van der Waals surface area (Å²) in [7, 11) is 0. The van der Waals surface area contributed by atoms with Gasteiger partial charge in [-0.3, -0.25) is 38.4 Å². The van der Waals surface area contributed by atoms with E-state index >= 15 is 0 Å². The van der Waals surface area contributed by atoms with Crippen LogP contribution in [-0.2, 0) is 43.2 Å². The van der Waals surface area contributed by atoms with Crippen LogP contribution in [0.25, 0.3) is 0 Å². The highest BCUT2D eigenvalue weighted by Gasteiger charge is 2.54. The molecule has 0 radical (unpaired) electrons. The maximum absolute atomic E-state index is 14.7. The predicted molar refractivity (Wildman–Crippen MR) is 264 cm³/mol. The number of carboxylic acids is 1. The highest BCUT2D eigenvalue weighted by molar-refractivity contribution is 6.03. The fourth-order valence-electron chi connectivity index (χ4n) is 6.61. The predicted octanol–water partition coefficient (Wildman–Crippen LogP) is 4.34. The van der Waals surface area contributed by atoms with Crippen molar-refractivity contribution in [2.45, 2.75) is 217 Å². The summed E-state index contributed by atoms with van der Waals surface area (Å²) in [6.45, 7) is 40.8. The number of amides is 8. The van der Waals surface area contributed by atoms with E-state index in [-0.39, 0.29) is 5.92 Å². The first kappa shape index (κ1) is 63.2. The van der Waals surface area contributed by atoms with Crippen LogP contribution in [0.1, 0.15) is 173 Å². The Morgan fingerprint density at radius 2 is 0.382 bits per heavy atom. The Bertz CT molecular complexity index is 1920. The minimum atomic E-state index is -1.71. The molecule has 18 heteroatoms. The molecule has 8 amide bonds. The fraction of sp³-hybridized carbons (Fsp3) is 0.820. The Kier molecular flexibility index (Phi) is 20.8. The number of carbonyl (C=O) groups excluding carboxylic acids is 8. The van der Waals surface area contributed by atoms with Gasteiger partial charge in [-0.15, -0.1) is 0 Å². The van der Waals surface area contributed by atoms with Gasteiger partial charge < -0.3 is 47.6 Å². The Morgan fingerprint density at radius 1 is 0.265 bits per heavy atom. The van der Waals surface area contributed by atoms with Crippen molar-refractivity contribution in [2.75, 3.05) is 0 Å². The van der Waals surface area contributed by atoms with Crippen LogP contribution in [-0.4, -0.2) is 103 Å². The van der Waals surface area contributed by atoms with Crippen LogP contribution in [0, 0.1) is 47.3 Å². The maximum atomic E-state index is 14.7. The van der Waals surface area contributed by atoms with E-state index in [0.717, 1.165) is 0 Å². The largest absolute Gasteiger partial charge is 0.480 e. The van der Waals surface area contributed by atoms with Gasteiger partial charge in [0.15, 0.2) is 0 Å². The molecule has 0 aromatic rings. The molecule has 0 bridgehead atoms. The third-order valence-electron chi connectivity index (χ3n) is 16.0. The molecule has 0 aromatic heterocycles. The first-order chi connectivity index (χ1) is 30.3. The zero-order valence-electron chi connectivity index (χ0n) is 46.2. The molecule has 0 aliphatic carbocycles. The molecule has 68 heavy (non-hydrogen) atoms. The summed E-state index contributed by atoms with van der Waals surface area (Å²) in [6, 6.07) is 0. The van der Waals surface area contributed by atoms with Gasteiger partial charge >= 0.3 is 5.97 Å². The molecule has 0 aliphatic heterocycles. The lowest BCUT2D eigenvalue weighted by molar-refractivity contribution is -0.151. The second-order valence-corrected chi connectivity index (χ2v) is 23.0. The zero-order chi connectivity index (χ0) is 54.5. The molecule has 0 fully saturated rings. The van der Waals surface area contributed by atoms with Gasteiger partial charge in [-0.05, 0) is 103 Å². The average Bonchev–Trinajstić information content (AvgIpc) is 3.18. The van der Waals surface area contributed by atoms with E-state index in [0.29, 0.717) is 0 Å². The van der Waals surface area contributed by atoms with E-state index in [9.17, 15) is 48.3 Å². The van der Waals surface area contributed by atoms with Crippen LogP contribution in [0.5, 0.6) is 0 Å². The first-order valence-corrected chi connectivity index (χ1v) is 24.1. The number of hydrogen-bond acceptors (Lipinski definition) is 9. The van der Waals surface area contributed by atoms with Crippen molar-refractivity contribution < 1.29 is 48.3 Å². The molecule has 0 aliphatic rings. The normalized spacial score (nSPS) is 19.2. The second-order valence-electron chi connectivity index (χ2n) is 23.0. The molecule has 0 aromatic carbocycles. The average molecular weight is 965 g/mol. The maximum Gasteiger partial charge on any atom is 0.329 e. The van der Waals surface area contributed by atoms with Gasteiger partial charge in [-0.1, -0.05) is 111 Å². The van der Waals surface area contributed by atoms with Crippen LogP contribution in [0.3, 0.4) is 0 Å². The van der Waals surface area contributed by atoms with Crippen molar-refractivity contribution >= 4 is 53.2 Å². The Labute approximate surface area is 407 Å². The monoisotopic (exact) mass is 965 g/mol. The summed E-state index contributed by atoms with van der Waals surface area (Å²) in [5, 5.41) is 32.6. The quantitative estimate of drug-likeness (QED) is 0.0661. The Hall–Kier alpha value is -4.77. The molecule has 0 rings (SSSR count). The molecule has 9 N–H and O–H groups in total. The second kappa shape index (κ2) is 22.3. The summed E-state index contributed by atoms with van der Waals surface area (Å²) in [5.74, 6) is -10.8. The lowest BCUT2D eigenvalue weighted by Gasteiger charge is -2.45. The van der Waals surface area contributed by atoms with Gasteiger partial charge in [0.25, 0.3) is 0 Å². The minimum Gasteiger partial charge on any atom is -0.480 e. The van der Waals surface area contributed by atoms with E-state index in [2.05, 4.69) is 42.5 Å². The van der Waals surface area contributed by atoms with Crippen molar-refractivity contribution in [2.24, 2.45) is 47.3 Å². The third-order valence-corrected chi connectivity index (χ3v) is 16.0. The van der Waals surface area contributed by atoms with Crippen molar-refractivity contribution in [3.8, 4) is 0 Å². The molecule has 8 atom stereocenters. The van der Waals surface area contributed by atoms with Gasteiger partial charge in [0.05, 0.1) is 0 Å². The van der Waals surface area contributed by atoms with Crippen LogP contribution < -0.4 is 42.5 Å². The lowest BCUT2D eigenvalue weighted by Crippen LogP contribution is -2.74. The van der Waals surface area contributed by atoms with Crippen LogP contribution in [0.15, 0.2) is 0 Å². The van der Waals surface area contributed by atoms with Crippen LogP contribution in [0.4, 0.5) is 0 Å². The summed E-state index contributed by atoms with van der Waals surface area (Å²) >= 11 is 0. The number of nitrogens with one attached hydrogen (secondary N) is 8. The third kappa shape index (κ3) is 12.9. The van der Waals surface area contributed by atoms with E-state index < -0.39 is 139 Å². The highest BCUT2D eigenvalue weighted by atomic mass is 16.4. The summed E-state index contributed by atoms with van der Waals surface area (Å²) in [4.78, 5) is 125. The van der Waals surface area contributed by atoms with Crippen LogP contribution in [0.2, 0.25) is 0 Å². The molecule has 0 heterocycles. The SMILES string of the molecule is CC(=O)N[C@](C)(C(=O)N[C@](C)(C(=O)N[C@](C)(C(=O)N[C@](C)(C(=O)N[C@](C)(C(=O)N[C@](C)(C(=O)N[C@](C)(C(=O)N[C@](C)(C(=O)O)C(C)C)C(C)C)C(C)C)C(C)C)C(C)C)C(C)C)C(C)C)C(C)C. The van der Waals surface area contributed by atoms with E-state index in [4.69, 9.17) is 0 Å². The number of rotatable bonds is 24. The molecule has 0 unspecified atom stereocenters. The van der Waals surface area contributed by atoms with Crippen molar-refractivity contribution in [1.82, 2.24) is 42.5 Å². The molecular weight excluding hydrogens is 873 g/mol. The summed E-state index contributed by atoms with van der Waals surface area (Å²) in [5.41, 5.74) is -13.0. The van der Waals surface area contributed by atoms with Crippen molar-refractivity contribution in [3.63, 3.8) is 0 Å². The molecule has 0 saturated heterocycles. The molecule has 18 nitrogen and oxygen atoms in total. The topological polar surface area (TPSA) is 270 Å². The highest BCUT2D eigenvalue weighted by Crippen LogP contribution is 2.30. The van der Waals surface area contributed by atoms with Crippen molar-refractivity contribution in [1.29, 1.82) is 0 Å². The Morgan fingerprint density at radius 3 is 0.485 bits per heavy atom. The smallest absolute Gasteiger partial charge is 0.329 e. The molecule has 0 spiro atoms.